The lowest BCUT2D eigenvalue weighted by molar-refractivity contribution is 0.313. The average Bonchev–Trinajstić information content (AvgIpc) is 2.39. The Labute approximate surface area is 67.0 Å². The van der Waals surface area contributed by atoms with Crippen LogP contribution < -0.4 is 0 Å². The van der Waals surface area contributed by atoms with Crippen molar-refractivity contribution < 1.29 is 9.59 Å². The van der Waals surface area contributed by atoms with E-state index >= 15 is 0 Å². The first-order chi connectivity index (χ1) is 5.33. The molecule has 0 saturated heterocycles. The van der Waals surface area contributed by atoms with Crippen LogP contribution in [-0.4, -0.2) is 12.6 Å². The minimum atomic E-state index is -0.0521. The van der Waals surface area contributed by atoms with Gasteiger partial charge in [-0.1, -0.05) is 12.8 Å². The number of rotatable bonds is 4. The van der Waals surface area contributed by atoms with Crippen molar-refractivity contribution in [2.75, 3.05) is 0 Å². The van der Waals surface area contributed by atoms with Crippen LogP contribution in [0, 0.1) is 5.41 Å². The van der Waals surface area contributed by atoms with Gasteiger partial charge >= 0.3 is 0 Å². The number of carbonyl (C=O) groups excluding carboxylic acids is 2. The van der Waals surface area contributed by atoms with Crippen molar-refractivity contribution in [2.24, 2.45) is 5.41 Å². The quantitative estimate of drug-likeness (QED) is 0.612. The highest BCUT2D eigenvalue weighted by atomic mass is 16.1. The maximum Gasteiger partial charge on any atom is 0.198 e. The highest BCUT2D eigenvalue weighted by Crippen LogP contribution is 2.42. The molecule has 2 radical (unpaired) electrons. The summed E-state index contributed by atoms with van der Waals surface area (Å²) in [4.78, 5) is 20.4. The molecule has 0 aliphatic heterocycles. The van der Waals surface area contributed by atoms with Crippen LogP contribution >= 0.6 is 0 Å². The lowest BCUT2D eigenvalue weighted by Crippen LogP contribution is -2.17. The van der Waals surface area contributed by atoms with Crippen molar-refractivity contribution in [3.63, 3.8) is 0 Å². The molecule has 2 nitrogen and oxygen atoms in total. The molecule has 0 aromatic heterocycles. The molecule has 0 N–H and O–H groups in total. The van der Waals surface area contributed by atoms with Crippen LogP contribution in [-0.2, 0) is 9.59 Å². The third-order valence-corrected chi connectivity index (χ3v) is 2.56. The second-order valence-corrected chi connectivity index (χ2v) is 3.35. The van der Waals surface area contributed by atoms with E-state index in [0.29, 0.717) is 12.8 Å². The van der Waals surface area contributed by atoms with E-state index in [4.69, 9.17) is 0 Å². The van der Waals surface area contributed by atoms with Crippen molar-refractivity contribution in [1.82, 2.24) is 0 Å². The van der Waals surface area contributed by atoms with Crippen molar-refractivity contribution in [3.8, 4) is 0 Å². The Hall–Kier alpha value is -0.660. The molecular weight excluding hydrogens is 140 g/mol. The van der Waals surface area contributed by atoms with Gasteiger partial charge in [0.05, 0.1) is 0 Å². The lowest BCUT2D eigenvalue weighted by atomic mass is 9.81. The molecule has 1 aliphatic carbocycles. The van der Waals surface area contributed by atoms with E-state index in [1.807, 2.05) is 12.6 Å². The van der Waals surface area contributed by atoms with Crippen LogP contribution in [0.3, 0.4) is 0 Å². The summed E-state index contributed by atoms with van der Waals surface area (Å²) < 4.78 is 0. The topological polar surface area (TPSA) is 34.1 Å². The van der Waals surface area contributed by atoms with Crippen molar-refractivity contribution in [3.05, 3.63) is 0 Å². The fraction of sp³-hybridized carbons (Fsp3) is 0.778. The van der Waals surface area contributed by atoms with E-state index in [-0.39, 0.29) is 5.41 Å². The fourth-order valence-corrected chi connectivity index (χ4v) is 1.85. The third kappa shape index (κ3) is 1.88. The van der Waals surface area contributed by atoms with Gasteiger partial charge in [-0.15, -0.1) is 0 Å². The second kappa shape index (κ2) is 3.65. The normalized spacial score (nSPS) is 21.5. The summed E-state index contributed by atoms with van der Waals surface area (Å²) in [5.74, 6) is 0. The molecule has 0 unspecified atom stereocenters. The van der Waals surface area contributed by atoms with E-state index < -0.39 is 0 Å². The zero-order chi connectivity index (χ0) is 8.16. The van der Waals surface area contributed by atoms with Gasteiger partial charge in [0.25, 0.3) is 0 Å². The summed E-state index contributed by atoms with van der Waals surface area (Å²) in [7, 11) is 0. The van der Waals surface area contributed by atoms with Crippen molar-refractivity contribution in [1.29, 1.82) is 0 Å². The predicted octanol–water partition coefficient (Wildman–Crippen LogP) is 1.55. The van der Waals surface area contributed by atoms with Gasteiger partial charge in [0.15, 0.2) is 12.6 Å². The van der Waals surface area contributed by atoms with Crippen LogP contribution in [0.25, 0.3) is 0 Å². The number of hydrogen-bond donors (Lipinski definition) is 0. The van der Waals surface area contributed by atoms with Crippen LogP contribution in [0.2, 0.25) is 0 Å². The first-order valence-corrected chi connectivity index (χ1v) is 4.03. The van der Waals surface area contributed by atoms with E-state index in [1.165, 1.54) is 0 Å². The summed E-state index contributed by atoms with van der Waals surface area (Å²) in [5.41, 5.74) is -0.0521. The molecule has 2 heteroatoms. The maximum atomic E-state index is 10.2. The molecule has 1 rings (SSSR count). The number of hydrogen-bond acceptors (Lipinski definition) is 2. The van der Waals surface area contributed by atoms with Gasteiger partial charge < -0.3 is 0 Å². The highest BCUT2D eigenvalue weighted by molar-refractivity contribution is 5.57. The zero-order valence-electron chi connectivity index (χ0n) is 6.56. The van der Waals surface area contributed by atoms with Gasteiger partial charge in [0.1, 0.15) is 0 Å². The van der Waals surface area contributed by atoms with Crippen molar-refractivity contribution >= 4 is 12.6 Å². The molecule has 1 saturated carbocycles. The molecule has 0 amide bonds. The summed E-state index contributed by atoms with van der Waals surface area (Å²) in [6.07, 6.45) is 8.93. The van der Waals surface area contributed by atoms with Gasteiger partial charge in [-0.2, -0.15) is 0 Å². The molecule has 60 valence electrons. The first kappa shape index (κ1) is 8.44. The SMILES string of the molecule is O=[C]CC1(C[C]=O)CCCC1. The Balaban J connectivity index is 2.53. The Morgan fingerprint density at radius 2 is 1.45 bits per heavy atom. The Morgan fingerprint density at radius 3 is 1.82 bits per heavy atom. The van der Waals surface area contributed by atoms with Crippen LogP contribution in [0.1, 0.15) is 38.5 Å². The minimum absolute atomic E-state index is 0.0521. The molecule has 0 aromatic carbocycles. The lowest BCUT2D eigenvalue weighted by Gasteiger charge is -2.22. The molecule has 0 bridgehead atoms. The highest BCUT2D eigenvalue weighted by Gasteiger charge is 2.33. The van der Waals surface area contributed by atoms with Gasteiger partial charge in [-0.25, -0.2) is 0 Å². The standard InChI is InChI=1S/C9H12O2/c10-7-5-9(6-8-11)3-1-2-4-9/h1-6H2. The molecule has 0 spiro atoms. The summed E-state index contributed by atoms with van der Waals surface area (Å²) in [5, 5.41) is 0. The van der Waals surface area contributed by atoms with Crippen LogP contribution in [0.15, 0.2) is 0 Å². The van der Waals surface area contributed by atoms with Gasteiger partial charge in [0.2, 0.25) is 0 Å². The molecule has 1 fully saturated rings. The van der Waals surface area contributed by atoms with E-state index in [1.54, 1.807) is 0 Å². The van der Waals surface area contributed by atoms with Crippen LogP contribution in [0.4, 0.5) is 0 Å². The first-order valence-electron chi connectivity index (χ1n) is 4.03. The van der Waals surface area contributed by atoms with Crippen LogP contribution in [0.5, 0.6) is 0 Å². The molecule has 0 aromatic rings. The van der Waals surface area contributed by atoms with Gasteiger partial charge in [-0.05, 0) is 18.3 Å². The molecule has 0 heterocycles. The van der Waals surface area contributed by atoms with Crippen molar-refractivity contribution in [2.45, 2.75) is 38.5 Å². The van der Waals surface area contributed by atoms with Gasteiger partial charge in [0, 0.05) is 12.8 Å². The third-order valence-electron chi connectivity index (χ3n) is 2.56. The van der Waals surface area contributed by atoms with E-state index in [0.717, 1.165) is 25.7 Å². The second-order valence-electron chi connectivity index (χ2n) is 3.35. The predicted molar refractivity (Wildman–Crippen MR) is 41.5 cm³/mol. The minimum Gasteiger partial charge on any atom is -0.291 e. The maximum absolute atomic E-state index is 10.2. The van der Waals surface area contributed by atoms with E-state index in [2.05, 4.69) is 0 Å². The smallest absolute Gasteiger partial charge is 0.198 e. The molecular formula is C9H12O2. The summed E-state index contributed by atoms with van der Waals surface area (Å²) in [6, 6.07) is 0. The zero-order valence-corrected chi connectivity index (χ0v) is 6.56. The fourth-order valence-electron chi connectivity index (χ4n) is 1.85. The van der Waals surface area contributed by atoms with Gasteiger partial charge in [-0.3, -0.25) is 9.59 Å². The Morgan fingerprint density at radius 1 is 1.00 bits per heavy atom. The summed E-state index contributed by atoms with van der Waals surface area (Å²) >= 11 is 0. The Kier molecular flexibility index (Phi) is 2.80. The molecule has 0 atom stereocenters. The summed E-state index contributed by atoms with van der Waals surface area (Å²) in [6.45, 7) is 0. The molecule has 11 heavy (non-hydrogen) atoms. The largest absolute Gasteiger partial charge is 0.291 e. The molecule has 1 aliphatic rings. The average molecular weight is 152 g/mol. The van der Waals surface area contributed by atoms with E-state index in [9.17, 15) is 9.59 Å². The Bertz CT molecular complexity index is 134. The monoisotopic (exact) mass is 152 g/mol.